The Labute approximate surface area is 104 Å². The molecule has 0 aliphatic heterocycles. The lowest BCUT2D eigenvalue weighted by Crippen LogP contribution is -2.31. The summed E-state index contributed by atoms with van der Waals surface area (Å²) in [7, 11) is 0. The third-order valence-corrected chi connectivity index (χ3v) is 5.14. The fraction of sp³-hybridized carbons (Fsp3) is 0.667. The van der Waals surface area contributed by atoms with Gasteiger partial charge >= 0.3 is 0 Å². The molecule has 1 aliphatic rings. The second-order valence-corrected chi connectivity index (χ2v) is 6.22. The molecule has 0 spiro atoms. The molecule has 1 fully saturated rings. The predicted molar refractivity (Wildman–Crippen MR) is 68.7 cm³/mol. The molecule has 1 atom stereocenters. The summed E-state index contributed by atoms with van der Waals surface area (Å²) in [6.07, 6.45) is 4.30. The number of ether oxygens (including phenoxy) is 1. The van der Waals surface area contributed by atoms with Crippen LogP contribution in [0.5, 0.6) is 0 Å². The molecule has 1 heterocycles. The highest BCUT2D eigenvalue weighted by Crippen LogP contribution is 2.41. The van der Waals surface area contributed by atoms with Gasteiger partial charge in [0.2, 0.25) is 0 Å². The fourth-order valence-corrected chi connectivity index (χ4v) is 3.84. The van der Waals surface area contributed by atoms with E-state index >= 15 is 0 Å². The van der Waals surface area contributed by atoms with Gasteiger partial charge in [-0.3, -0.25) is 0 Å². The SMILES string of the molecule is CCOC1CC(CC(Br)c2cccs2)C1. The summed E-state index contributed by atoms with van der Waals surface area (Å²) in [5.41, 5.74) is 0. The first-order chi connectivity index (χ1) is 7.29. The minimum Gasteiger partial charge on any atom is -0.378 e. The van der Waals surface area contributed by atoms with Crippen molar-refractivity contribution in [2.45, 2.75) is 37.1 Å². The van der Waals surface area contributed by atoms with Crippen LogP contribution in [0.1, 0.15) is 35.9 Å². The average molecular weight is 289 g/mol. The minimum absolute atomic E-state index is 0.544. The van der Waals surface area contributed by atoms with E-state index in [4.69, 9.17) is 4.74 Å². The van der Waals surface area contributed by atoms with Crippen molar-refractivity contribution >= 4 is 27.3 Å². The molecular formula is C12H17BrOS. The van der Waals surface area contributed by atoms with E-state index in [-0.39, 0.29) is 0 Å². The number of halogens is 1. The zero-order valence-electron chi connectivity index (χ0n) is 8.99. The van der Waals surface area contributed by atoms with Gasteiger partial charge in [-0.1, -0.05) is 22.0 Å². The summed E-state index contributed by atoms with van der Waals surface area (Å²) in [5, 5.41) is 2.15. The molecule has 1 unspecified atom stereocenters. The first-order valence-electron chi connectivity index (χ1n) is 5.58. The highest BCUT2D eigenvalue weighted by molar-refractivity contribution is 9.09. The van der Waals surface area contributed by atoms with E-state index in [0.717, 1.165) is 12.5 Å². The Balaban J connectivity index is 1.71. The van der Waals surface area contributed by atoms with Crippen molar-refractivity contribution in [3.63, 3.8) is 0 Å². The largest absolute Gasteiger partial charge is 0.378 e. The summed E-state index contributed by atoms with van der Waals surface area (Å²) in [6, 6.07) is 4.33. The lowest BCUT2D eigenvalue weighted by Gasteiger charge is -2.35. The van der Waals surface area contributed by atoms with E-state index in [2.05, 4.69) is 40.4 Å². The third-order valence-electron chi connectivity index (χ3n) is 2.99. The van der Waals surface area contributed by atoms with Gasteiger partial charge in [-0.2, -0.15) is 0 Å². The van der Waals surface area contributed by atoms with Gasteiger partial charge in [-0.25, -0.2) is 0 Å². The Hall–Kier alpha value is 0.140. The van der Waals surface area contributed by atoms with Crippen LogP contribution in [0.3, 0.4) is 0 Å². The molecule has 0 saturated heterocycles. The minimum atomic E-state index is 0.544. The molecule has 0 aromatic carbocycles. The molecule has 0 N–H and O–H groups in total. The standard InChI is InChI=1S/C12H17BrOS/c1-2-14-10-6-9(7-10)8-11(13)12-4-3-5-15-12/h3-5,9-11H,2,6-8H2,1H3. The van der Waals surface area contributed by atoms with Crippen molar-refractivity contribution in [1.29, 1.82) is 0 Å². The number of rotatable bonds is 5. The maximum Gasteiger partial charge on any atom is 0.0580 e. The van der Waals surface area contributed by atoms with E-state index in [0.29, 0.717) is 10.9 Å². The Morgan fingerprint density at radius 2 is 2.40 bits per heavy atom. The van der Waals surface area contributed by atoms with E-state index in [1.54, 1.807) is 0 Å². The van der Waals surface area contributed by atoms with Crippen molar-refractivity contribution in [3.8, 4) is 0 Å². The topological polar surface area (TPSA) is 9.23 Å². The summed E-state index contributed by atoms with van der Waals surface area (Å²) >= 11 is 5.61. The van der Waals surface area contributed by atoms with Gasteiger partial charge in [0.15, 0.2) is 0 Å². The zero-order chi connectivity index (χ0) is 10.7. The molecule has 84 valence electrons. The highest BCUT2D eigenvalue weighted by atomic mass is 79.9. The van der Waals surface area contributed by atoms with Gasteiger partial charge in [0.25, 0.3) is 0 Å². The molecular weight excluding hydrogens is 272 g/mol. The molecule has 0 bridgehead atoms. The molecule has 1 nitrogen and oxygen atoms in total. The predicted octanol–water partition coefficient (Wildman–Crippen LogP) is 4.39. The summed E-state index contributed by atoms with van der Waals surface area (Å²) in [4.78, 5) is 2.00. The lowest BCUT2D eigenvalue weighted by molar-refractivity contribution is -0.0264. The van der Waals surface area contributed by atoms with Crippen LogP contribution in [0, 0.1) is 5.92 Å². The molecule has 0 radical (unpaired) electrons. The van der Waals surface area contributed by atoms with Gasteiger partial charge in [0.1, 0.15) is 0 Å². The Kier molecular flexibility index (Phi) is 4.23. The van der Waals surface area contributed by atoms with Gasteiger partial charge in [0, 0.05) is 16.3 Å². The summed E-state index contributed by atoms with van der Waals surface area (Å²) < 4.78 is 5.57. The fourth-order valence-electron chi connectivity index (χ4n) is 2.12. The second-order valence-electron chi connectivity index (χ2n) is 4.13. The van der Waals surface area contributed by atoms with Crippen LogP contribution in [0.25, 0.3) is 0 Å². The van der Waals surface area contributed by atoms with Crippen molar-refractivity contribution < 1.29 is 4.74 Å². The van der Waals surface area contributed by atoms with Crippen LogP contribution >= 0.6 is 27.3 Å². The lowest BCUT2D eigenvalue weighted by atomic mass is 9.79. The van der Waals surface area contributed by atoms with Crippen molar-refractivity contribution in [1.82, 2.24) is 0 Å². The Bertz CT molecular complexity index is 280. The molecule has 2 rings (SSSR count). The van der Waals surface area contributed by atoms with Crippen LogP contribution in [0.4, 0.5) is 0 Å². The summed E-state index contributed by atoms with van der Waals surface area (Å²) in [5.74, 6) is 0.855. The van der Waals surface area contributed by atoms with Crippen molar-refractivity contribution in [2.75, 3.05) is 6.61 Å². The monoisotopic (exact) mass is 288 g/mol. The maximum atomic E-state index is 5.57. The zero-order valence-corrected chi connectivity index (χ0v) is 11.4. The van der Waals surface area contributed by atoms with Crippen molar-refractivity contribution in [3.05, 3.63) is 22.4 Å². The Morgan fingerprint density at radius 3 is 3.00 bits per heavy atom. The number of thiophene rings is 1. The van der Waals surface area contributed by atoms with E-state index in [1.165, 1.54) is 24.1 Å². The third kappa shape index (κ3) is 3.05. The average Bonchev–Trinajstić information content (AvgIpc) is 2.67. The highest BCUT2D eigenvalue weighted by Gasteiger charge is 2.31. The molecule has 1 aromatic rings. The van der Waals surface area contributed by atoms with Crippen LogP contribution in [0.15, 0.2) is 17.5 Å². The first kappa shape index (κ1) is 11.6. The summed E-state index contributed by atoms with van der Waals surface area (Å²) in [6.45, 7) is 2.94. The normalized spacial score (nSPS) is 27.3. The number of hydrogen-bond acceptors (Lipinski definition) is 2. The second kappa shape index (κ2) is 5.46. The molecule has 0 amide bonds. The van der Waals surface area contributed by atoms with Crippen LogP contribution < -0.4 is 0 Å². The molecule has 1 aromatic heterocycles. The maximum absolute atomic E-state index is 5.57. The van der Waals surface area contributed by atoms with Gasteiger partial charge in [-0.15, -0.1) is 11.3 Å². The van der Waals surface area contributed by atoms with Crippen LogP contribution in [-0.4, -0.2) is 12.7 Å². The molecule has 1 saturated carbocycles. The van der Waals surface area contributed by atoms with Crippen molar-refractivity contribution in [2.24, 2.45) is 5.92 Å². The first-order valence-corrected chi connectivity index (χ1v) is 7.38. The number of alkyl halides is 1. The van der Waals surface area contributed by atoms with Crippen LogP contribution in [0.2, 0.25) is 0 Å². The van der Waals surface area contributed by atoms with E-state index < -0.39 is 0 Å². The van der Waals surface area contributed by atoms with Gasteiger partial charge in [0.05, 0.1) is 6.10 Å². The Morgan fingerprint density at radius 1 is 1.60 bits per heavy atom. The smallest absolute Gasteiger partial charge is 0.0580 e. The molecule has 15 heavy (non-hydrogen) atoms. The number of hydrogen-bond donors (Lipinski definition) is 0. The van der Waals surface area contributed by atoms with E-state index in [1.807, 2.05) is 11.3 Å². The van der Waals surface area contributed by atoms with Crippen LogP contribution in [-0.2, 0) is 4.74 Å². The van der Waals surface area contributed by atoms with Gasteiger partial charge < -0.3 is 4.74 Å². The quantitative estimate of drug-likeness (QED) is 0.730. The van der Waals surface area contributed by atoms with E-state index in [9.17, 15) is 0 Å². The molecule has 3 heteroatoms. The van der Waals surface area contributed by atoms with Gasteiger partial charge in [-0.05, 0) is 43.6 Å². The molecule has 1 aliphatic carbocycles.